The van der Waals surface area contributed by atoms with E-state index in [2.05, 4.69) is 35.8 Å². The summed E-state index contributed by atoms with van der Waals surface area (Å²) in [5, 5.41) is 7.87. The van der Waals surface area contributed by atoms with Crippen molar-refractivity contribution in [1.82, 2.24) is 15.3 Å². The summed E-state index contributed by atoms with van der Waals surface area (Å²) in [5.41, 5.74) is 3.03. The average Bonchev–Trinajstić information content (AvgIpc) is 2.93. The molecule has 6 heteroatoms. The minimum Gasteiger partial charge on any atom is -0.362 e. The van der Waals surface area contributed by atoms with Gasteiger partial charge >= 0.3 is 0 Å². The summed E-state index contributed by atoms with van der Waals surface area (Å²) in [6, 6.07) is 16.9. The summed E-state index contributed by atoms with van der Waals surface area (Å²) < 4.78 is 0. The second-order valence-corrected chi connectivity index (χ2v) is 11.0. The lowest BCUT2D eigenvalue weighted by molar-refractivity contribution is 0.0926. The fourth-order valence-corrected chi connectivity index (χ4v) is 5.41. The van der Waals surface area contributed by atoms with Crippen LogP contribution in [0.3, 0.4) is 0 Å². The third-order valence-corrected chi connectivity index (χ3v) is 7.69. The van der Waals surface area contributed by atoms with Gasteiger partial charge in [0.25, 0.3) is 5.91 Å². The molecule has 2 N–H and O–H groups in total. The molecule has 4 rings (SSSR count). The van der Waals surface area contributed by atoms with E-state index in [4.69, 9.17) is 9.97 Å². The van der Waals surface area contributed by atoms with Crippen LogP contribution in [0.25, 0.3) is 10.9 Å². The maximum absolute atomic E-state index is 12.9. The molecule has 1 amide bonds. The highest BCUT2D eigenvalue weighted by atomic mass is 16.1. The topological polar surface area (TPSA) is 70.2 Å². The first-order valence-electron chi connectivity index (χ1n) is 14.6. The molecule has 204 valence electrons. The molecule has 0 aliphatic heterocycles. The van der Waals surface area contributed by atoms with Gasteiger partial charge in [0.2, 0.25) is 5.95 Å². The fraction of sp³-hybridized carbons (Fsp3) is 0.531. The predicted molar refractivity (Wildman–Crippen MR) is 159 cm³/mol. The number of anilines is 2. The number of aromatic nitrogens is 2. The first-order chi connectivity index (χ1) is 18.5. The van der Waals surface area contributed by atoms with Gasteiger partial charge in [-0.25, -0.2) is 4.98 Å². The maximum Gasteiger partial charge on any atom is 0.251 e. The second-order valence-electron chi connectivity index (χ2n) is 11.0. The monoisotopic (exact) mass is 515 g/mol. The van der Waals surface area contributed by atoms with Gasteiger partial charge in [0, 0.05) is 37.1 Å². The zero-order valence-corrected chi connectivity index (χ0v) is 23.5. The Morgan fingerprint density at radius 3 is 2.21 bits per heavy atom. The van der Waals surface area contributed by atoms with Crippen LogP contribution in [0.1, 0.15) is 93.5 Å². The van der Waals surface area contributed by atoms with Crippen molar-refractivity contribution in [3.05, 3.63) is 59.7 Å². The number of para-hydroxylation sites is 1. The van der Waals surface area contributed by atoms with Gasteiger partial charge in [0.1, 0.15) is 5.82 Å². The Balaban J connectivity index is 1.21. The number of hydrogen-bond acceptors (Lipinski definition) is 5. The molecule has 0 atom stereocenters. The lowest BCUT2D eigenvalue weighted by Gasteiger charge is -2.30. The number of nitrogens with zero attached hydrogens (tertiary/aromatic N) is 3. The lowest BCUT2D eigenvalue weighted by atomic mass is 9.91. The van der Waals surface area contributed by atoms with Crippen molar-refractivity contribution >= 4 is 28.6 Å². The number of benzene rings is 2. The van der Waals surface area contributed by atoms with Gasteiger partial charge in [-0.1, -0.05) is 69.7 Å². The zero-order valence-electron chi connectivity index (χ0n) is 23.5. The number of carbonyl (C=O) groups is 1. The molecule has 38 heavy (non-hydrogen) atoms. The molecule has 3 aromatic rings. The van der Waals surface area contributed by atoms with E-state index in [-0.39, 0.29) is 11.9 Å². The van der Waals surface area contributed by atoms with Crippen molar-refractivity contribution < 1.29 is 4.79 Å². The number of aryl methyl sites for hydroxylation is 1. The quantitative estimate of drug-likeness (QED) is 0.237. The van der Waals surface area contributed by atoms with Crippen molar-refractivity contribution in [1.29, 1.82) is 0 Å². The molecule has 1 fully saturated rings. The van der Waals surface area contributed by atoms with Crippen LogP contribution in [0.4, 0.5) is 11.8 Å². The van der Waals surface area contributed by atoms with E-state index in [0.29, 0.717) is 12.0 Å². The van der Waals surface area contributed by atoms with Gasteiger partial charge < -0.3 is 15.5 Å². The van der Waals surface area contributed by atoms with Crippen LogP contribution < -0.4 is 15.5 Å². The van der Waals surface area contributed by atoms with Gasteiger partial charge in [0.05, 0.1) is 5.52 Å². The Morgan fingerprint density at radius 1 is 0.842 bits per heavy atom. The number of fused-ring (bicyclic) bond motifs is 1. The van der Waals surface area contributed by atoms with Crippen LogP contribution in [0.15, 0.2) is 48.5 Å². The molecule has 6 nitrogen and oxygen atoms in total. The van der Waals surface area contributed by atoms with Crippen molar-refractivity contribution in [2.45, 2.75) is 96.1 Å². The van der Waals surface area contributed by atoms with E-state index < -0.39 is 0 Å². The molecule has 1 aromatic heterocycles. The van der Waals surface area contributed by atoms with E-state index in [1.54, 1.807) is 0 Å². The van der Waals surface area contributed by atoms with E-state index in [9.17, 15) is 4.79 Å². The van der Waals surface area contributed by atoms with Crippen LogP contribution in [-0.4, -0.2) is 42.1 Å². The molecule has 1 saturated carbocycles. The van der Waals surface area contributed by atoms with Crippen LogP contribution in [0, 0.1) is 0 Å². The largest absolute Gasteiger partial charge is 0.362 e. The van der Waals surface area contributed by atoms with Crippen LogP contribution >= 0.6 is 0 Å². The highest BCUT2D eigenvalue weighted by molar-refractivity contribution is 5.94. The van der Waals surface area contributed by atoms with Crippen molar-refractivity contribution in [2.24, 2.45) is 0 Å². The fourth-order valence-electron chi connectivity index (χ4n) is 5.41. The number of hydrogen-bond donors (Lipinski definition) is 2. The molecule has 2 aromatic carbocycles. The van der Waals surface area contributed by atoms with Crippen LogP contribution in [0.5, 0.6) is 0 Å². The Labute approximate surface area is 228 Å². The van der Waals surface area contributed by atoms with Gasteiger partial charge in [-0.15, -0.1) is 0 Å². The maximum atomic E-state index is 12.9. The molecule has 0 radical (unpaired) electrons. The van der Waals surface area contributed by atoms with Gasteiger partial charge in [-0.05, 0) is 68.4 Å². The van der Waals surface area contributed by atoms with Crippen molar-refractivity contribution in [2.75, 3.05) is 24.3 Å². The summed E-state index contributed by atoms with van der Waals surface area (Å²) in [5.74, 6) is 1.64. The Kier molecular flexibility index (Phi) is 10.4. The van der Waals surface area contributed by atoms with Gasteiger partial charge in [-0.2, -0.15) is 4.98 Å². The number of carbonyl (C=O) groups excluding carboxylic acids is 1. The molecule has 1 heterocycles. The van der Waals surface area contributed by atoms with Crippen molar-refractivity contribution in [3.63, 3.8) is 0 Å². The zero-order chi connectivity index (χ0) is 26.7. The Bertz CT molecular complexity index is 1150. The number of nitrogens with one attached hydrogen (secondary N) is 2. The van der Waals surface area contributed by atoms with E-state index >= 15 is 0 Å². The third-order valence-electron chi connectivity index (χ3n) is 7.69. The van der Waals surface area contributed by atoms with Crippen molar-refractivity contribution in [3.8, 4) is 0 Å². The molecule has 1 aliphatic carbocycles. The molecule has 1 aliphatic rings. The number of unbranched alkanes of at least 4 members (excludes halogenated alkanes) is 6. The smallest absolute Gasteiger partial charge is 0.251 e. The molecular weight excluding hydrogens is 470 g/mol. The highest BCUT2D eigenvalue weighted by Crippen LogP contribution is 2.26. The summed E-state index contributed by atoms with van der Waals surface area (Å²) in [6.45, 7) is 2.26. The van der Waals surface area contributed by atoms with E-state index in [1.807, 2.05) is 49.3 Å². The Morgan fingerprint density at radius 2 is 1.50 bits per heavy atom. The van der Waals surface area contributed by atoms with Gasteiger partial charge in [-0.3, -0.25) is 4.79 Å². The third kappa shape index (κ3) is 7.92. The number of amides is 1. The van der Waals surface area contributed by atoms with Gasteiger partial charge in [0.15, 0.2) is 0 Å². The molecule has 0 spiro atoms. The lowest BCUT2D eigenvalue weighted by Crippen LogP contribution is -2.40. The number of rotatable bonds is 13. The Hall–Kier alpha value is -3.15. The van der Waals surface area contributed by atoms with E-state index in [0.717, 1.165) is 54.4 Å². The first kappa shape index (κ1) is 27.9. The molecule has 0 unspecified atom stereocenters. The first-order valence-corrected chi connectivity index (χ1v) is 14.6. The minimum absolute atomic E-state index is 0.0392. The molecule has 0 saturated heterocycles. The molecule has 0 bridgehead atoms. The molecular formula is C32H45N5O. The summed E-state index contributed by atoms with van der Waals surface area (Å²) in [6.07, 6.45) is 14.2. The van der Waals surface area contributed by atoms with E-state index in [1.165, 1.54) is 50.5 Å². The average molecular weight is 516 g/mol. The summed E-state index contributed by atoms with van der Waals surface area (Å²) in [4.78, 5) is 24.4. The second kappa shape index (κ2) is 14.1. The van der Waals surface area contributed by atoms with Crippen LogP contribution in [0.2, 0.25) is 0 Å². The normalized spacial score (nSPS) is 17.3. The SMILES string of the molecule is CCCCCCCCCc1ccc(C(=O)NC2CCC(Nc3nc(N(C)C)c4ccccc4n3)CC2)cc1. The minimum atomic E-state index is 0.0392. The summed E-state index contributed by atoms with van der Waals surface area (Å²) in [7, 11) is 4.02. The predicted octanol–water partition coefficient (Wildman–Crippen LogP) is 7.14. The highest BCUT2D eigenvalue weighted by Gasteiger charge is 2.24. The standard InChI is InChI=1S/C32H45N5O/c1-4-5-6-7-8-9-10-13-24-16-18-25(19-17-24)31(38)33-26-20-22-27(23-21-26)34-32-35-29-15-12-11-14-28(29)30(36-32)37(2)3/h11-12,14-19,26-27H,4-10,13,20-23H2,1-3H3,(H,33,38)(H,34,35,36). The van der Waals surface area contributed by atoms with Crippen LogP contribution in [-0.2, 0) is 6.42 Å². The summed E-state index contributed by atoms with van der Waals surface area (Å²) >= 11 is 0.